The fraction of sp³-hybridized carbons (Fsp3) is 0.214. The second-order valence-electron chi connectivity index (χ2n) is 4.64. The molecule has 0 bridgehead atoms. The Morgan fingerprint density at radius 3 is 2.44 bits per heavy atom. The van der Waals surface area contributed by atoms with Crippen molar-refractivity contribution in [1.82, 2.24) is 0 Å². The number of carbonyl (C=O) groups is 1. The van der Waals surface area contributed by atoms with Crippen LogP contribution in [0.15, 0.2) is 40.2 Å². The van der Waals surface area contributed by atoms with E-state index in [0.717, 1.165) is 20.5 Å². The average Bonchev–Trinajstić information content (AvgIpc) is 2.79. The molecular weight excluding hydrogens is 312 g/mol. The summed E-state index contributed by atoms with van der Waals surface area (Å²) in [5.41, 5.74) is 1.11. The van der Waals surface area contributed by atoms with Crippen LogP contribution in [0.25, 0.3) is 10.4 Å². The summed E-state index contributed by atoms with van der Waals surface area (Å²) < 4.78 is 1.04. The first-order valence-corrected chi connectivity index (χ1v) is 7.17. The van der Waals surface area contributed by atoms with Crippen LogP contribution in [0.5, 0.6) is 0 Å². The van der Waals surface area contributed by atoms with E-state index >= 15 is 0 Å². The number of thiophene rings is 1. The number of halogens is 1. The zero-order valence-electron chi connectivity index (χ0n) is 10.1. The van der Waals surface area contributed by atoms with Gasteiger partial charge in [0, 0.05) is 9.35 Å². The van der Waals surface area contributed by atoms with Gasteiger partial charge < -0.3 is 5.11 Å². The second kappa shape index (κ2) is 4.86. The van der Waals surface area contributed by atoms with E-state index in [0.29, 0.717) is 0 Å². The third kappa shape index (κ3) is 2.49. The molecule has 1 aromatic carbocycles. The highest BCUT2D eigenvalue weighted by Gasteiger charge is 2.30. The van der Waals surface area contributed by atoms with Crippen LogP contribution in [0, 0.1) is 0 Å². The second-order valence-corrected chi connectivity index (χ2v) is 6.46. The molecule has 18 heavy (non-hydrogen) atoms. The molecule has 0 amide bonds. The quantitative estimate of drug-likeness (QED) is 0.899. The fourth-order valence-electron chi connectivity index (χ4n) is 1.55. The first-order valence-electron chi connectivity index (χ1n) is 5.49. The Hall–Kier alpha value is -1.13. The highest BCUT2D eigenvalue weighted by molar-refractivity contribution is 9.10. The van der Waals surface area contributed by atoms with Crippen LogP contribution >= 0.6 is 27.3 Å². The van der Waals surface area contributed by atoms with Crippen molar-refractivity contribution in [1.29, 1.82) is 0 Å². The fourth-order valence-corrected chi connectivity index (χ4v) is 2.90. The van der Waals surface area contributed by atoms with Gasteiger partial charge >= 0.3 is 5.97 Å². The van der Waals surface area contributed by atoms with Crippen LogP contribution in [0.3, 0.4) is 0 Å². The lowest BCUT2D eigenvalue weighted by atomic mass is 9.86. The standard InChI is InChI=1S/C14H13BrO2S/c1-14(2,13(16)17)10-7-12(18-8-10)9-3-5-11(15)6-4-9/h3-8H,1-2H3,(H,16,17). The lowest BCUT2D eigenvalue weighted by Gasteiger charge is -2.17. The molecular formula is C14H13BrO2S. The first-order chi connectivity index (χ1) is 8.41. The molecule has 0 aliphatic rings. The summed E-state index contributed by atoms with van der Waals surface area (Å²) in [6, 6.07) is 9.97. The van der Waals surface area contributed by atoms with Crippen molar-refractivity contribution in [2.45, 2.75) is 19.3 Å². The number of hydrogen-bond acceptors (Lipinski definition) is 2. The topological polar surface area (TPSA) is 37.3 Å². The predicted molar refractivity (Wildman–Crippen MR) is 78.1 cm³/mol. The van der Waals surface area contributed by atoms with Crippen molar-refractivity contribution < 1.29 is 9.90 Å². The molecule has 2 aromatic rings. The largest absolute Gasteiger partial charge is 0.481 e. The first kappa shape index (κ1) is 13.3. The van der Waals surface area contributed by atoms with Gasteiger partial charge in [-0.25, -0.2) is 0 Å². The van der Waals surface area contributed by atoms with Gasteiger partial charge in [0.15, 0.2) is 0 Å². The van der Waals surface area contributed by atoms with E-state index in [4.69, 9.17) is 0 Å². The Kier molecular flexibility index (Phi) is 3.59. The molecule has 0 radical (unpaired) electrons. The van der Waals surface area contributed by atoms with Crippen molar-refractivity contribution in [2.24, 2.45) is 0 Å². The van der Waals surface area contributed by atoms with Gasteiger partial charge in [-0.2, -0.15) is 0 Å². The molecule has 1 N–H and O–H groups in total. The maximum absolute atomic E-state index is 11.2. The van der Waals surface area contributed by atoms with Crippen LogP contribution in [-0.2, 0) is 10.2 Å². The maximum Gasteiger partial charge on any atom is 0.313 e. The summed E-state index contributed by atoms with van der Waals surface area (Å²) in [6.45, 7) is 3.45. The number of rotatable bonds is 3. The summed E-state index contributed by atoms with van der Waals surface area (Å²) >= 11 is 4.97. The number of carboxylic acid groups (broad SMARTS) is 1. The van der Waals surface area contributed by atoms with E-state index in [9.17, 15) is 9.90 Å². The van der Waals surface area contributed by atoms with Crippen LogP contribution in [0.4, 0.5) is 0 Å². The Labute approximate surface area is 118 Å². The lowest BCUT2D eigenvalue weighted by molar-refractivity contribution is -0.142. The average molecular weight is 325 g/mol. The summed E-state index contributed by atoms with van der Waals surface area (Å²) in [5.74, 6) is -0.803. The van der Waals surface area contributed by atoms with Crippen LogP contribution in [0.2, 0.25) is 0 Å². The van der Waals surface area contributed by atoms with Gasteiger partial charge in [0.2, 0.25) is 0 Å². The Morgan fingerprint density at radius 1 is 1.28 bits per heavy atom. The van der Waals surface area contributed by atoms with E-state index in [-0.39, 0.29) is 0 Å². The molecule has 0 aliphatic carbocycles. The van der Waals surface area contributed by atoms with Gasteiger partial charge in [0.1, 0.15) is 0 Å². The molecule has 1 heterocycles. The third-order valence-electron chi connectivity index (χ3n) is 2.98. The molecule has 0 aliphatic heterocycles. The monoisotopic (exact) mass is 324 g/mol. The van der Waals surface area contributed by atoms with Crippen molar-refractivity contribution in [3.8, 4) is 10.4 Å². The molecule has 2 nitrogen and oxygen atoms in total. The van der Waals surface area contributed by atoms with E-state index < -0.39 is 11.4 Å². The van der Waals surface area contributed by atoms with Gasteiger partial charge in [-0.3, -0.25) is 4.79 Å². The summed E-state index contributed by atoms with van der Waals surface area (Å²) in [5, 5.41) is 11.1. The molecule has 0 fully saturated rings. The predicted octanol–water partition coefficient (Wildman–Crippen LogP) is 4.54. The summed E-state index contributed by atoms with van der Waals surface area (Å²) in [4.78, 5) is 12.3. The molecule has 1 aromatic heterocycles. The molecule has 4 heteroatoms. The van der Waals surface area contributed by atoms with E-state index in [1.54, 1.807) is 25.2 Å². The lowest BCUT2D eigenvalue weighted by Crippen LogP contribution is -2.27. The highest BCUT2D eigenvalue weighted by atomic mass is 79.9. The molecule has 2 rings (SSSR count). The SMILES string of the molecule is CC(C)(C(=O)O)c1csc(-c2ccc(Br)cc2)c1. The van der Waals surface area contributed by atoms with Gasteiger partial charge in [-0.1, -0.05) is 28.1 Å². The van der Waals surface area contributed by atoms with Crippen molar-refractivity contribution in [2.75, 3.05) is 0 Å². The molecule has 0 unspecified atom stereocenters. The zero-order chi connectivity index (χ0) is 13.3. The Balaban J connectivity index is 2.37. The van der Waals surface area contributed by atoms with Crippen LogP contribution in [0.1, 0.15) is 19.4 Å². The minimum atomic E-state index is -0.843. The normalized spacial score (nSPS) is 11.5. The van der Waals surface area contributed by atoms with Crippen molar-refractivity contribution in [3.05, 3.63) is 45.7 Å². The number of aliphatic carboxylic acids is 1. The zero-order valence-corrected chi connectivity index (χ0v) is 12.5. The molecule has 94 valence electrons. The Bertz CT molecular complexity index is 570. The van der Waals surface area contributed by atoms with Gasteiger partial charge in [-0.05, 0) is 48.6 Å². The number of hydrogen-bond donors (Lipinski definition) is 1. The van der Waals surface area contributed by atoms with Gasteiger partial charge in [-0.15, -0.1) is 11.3 Å². The highest BCUT2D eigenvalue weighted by Crippen LogP contribution is 2.34. The molecule has 0 saturated carbocycles. The van der Waals surface area contributed by atoms with Crippen molar-refractivity contribution >= 4 is 33.2 Å². The van der Waals surface area contributed by atoms with Crippen molar-refractivity contribution in [3.63, 3.8) is 0 Å². The van der Waals surface area contributed by atoms with Crippen LogP contribution in [-0.4, -0.2) is 11.1 Å². The maximum atomic E-state index is 11.2. The summed E-state index contributed by atoms with van der Waals surface area (Å²) in [7, 11) is 0. The van der Waals surface area contributed by atoms with Crippen LogP contribution < -0.4 is 0 Å². The van der Waals surface area contributed by atoms with E-state index in [2.05, 4.69) is 15.9 Å². The van der Waals surface area contributed by atoms with Gasteiger partial charge in [0.25, 0.3) is 0 Å². The van der Waals surface area contributed by atoms with E-state index in [1.807, 2.05) is 35.7 Å². The molecule has 0 atom stereocenters. The minimum absolute atomic E-state index is 0.803. The minimum Gasteiger partial charge on any atom is -0.481 e. The van der Waals surface area contributed by atoms with E-state index in [1.165, 1.54) is 0 Å². The summed E-state index contributed by atoms with van der Waals surface area (Å²) in [6.07, 6.45) is 0. The number of benzene rings is 1. The number of carboxylic acids is 1. The smallest absolute Gasteiger partial charge is 0.313 e. The molecule has 0 spiro atoms. The molecule has 0 saturated heterocycles. The Morgan fingerprint density at radius 2 is 1.89 bits per heavy atom. The third-order valence-corrected chi connectivity index (χ3v) is 4.49. The van der Waals surface area contributed by atoms with Gasteiger partial charge in [0.05, 0.1) is 5.41 Å².